The molecule has 0 spiro atoms. The molecule has 4 aliphatic carbocycles. The Balaban J connectivity index is 0.00000361. The van der Waals surface area contributed by atoms with E-state index < -0.39 is 28.1 Å². The van der Waals surface area contributed by atoms with Gasteiger partial charge in [0, 0.05) is 13.0 Å². The van der Waals surface area contributed by atoms with Crippen LogP contribution in [0.5, 0.6) is 0 Å². The van der Waals surface area contributed by atoms with Gasteiger partial charge in [-0.1, -0.05) is 20.8 Å². The fourth-order valence-electron chi connectivity index (χ4n) is 9.10. The zero-order valence-corrected chi connectivity index (χ0v) is 26.3. The molecule has 11 atom stereocenters. The van der Waals surface area contributed by atoms with Gasteiger partial charge in [0.2, 0.25) is 5.91 Å². The monoisotopic (exact) mass is 553 g/mol. The van der Waals surface area contributed by atoms with Gasteiger partial charge in [-0.25, -0.2) is 8.42 Å². The molecule has 8 nitrogen and oxygen atoms in total. The van der Waals surface area contributed by atoms with Crippen molar-refractivity contribution in [1.82, 2.24) is 5.32 Å². The summed E-state index contributed by atoms with van der Waals surface area (Å²) in [5.41, 5.74) is -0.267. The van der Waals surface area contributed by atoms with E-state index in [-0.39, 0.29) is 117 Å². The van der Waals surface area contributed by atoms with Crippen molar-refractivity contribution in [3.8, 4) is 0 Å². The second-order valence-corrected chi connectivity index (χ2v) is 14.2. The fraction of sp³-hybridized carbons (Fsp3) is 0.962. The fourth-order valence-corrected chi connectivity index (χ4v) is 9.45. The number of hydrogen-bond donors (Lipinski definition) is 4. The minimum atomic E-state index is -4.35. The van der Waals surface area contributed by atoms with Crippen molar-refractivity contribution >= 4 is 16.0 Å². The molecule has 4 fully saturated rings. The summed E-state index contributed by atoms with van der Waals surface area (Å²) >= 11 is 0. The summed E-state index contributed by atoms with van der Waals surface area (Å²) in [5, 5.41) is 35.7. The molecule has 4 rings (SSSR count). The van der Waals surface area contributed by atoms with Gasteiger partial charge in [0.1, 0.15) is 0 Å². The van der Waals surface area contributed by atoms with Gasteiger partial charge in [0.05, 0.1) is 34.2 Å². The molecule has 0 heterocycles. The average molecular weight is 554 g/mol. The minimum absolute atomic E-state index is 0. The Morgan fingerprint density at radius 3 is 2.44 bits per heavy atom. The maximum atomic E-state index is 12.2. The van der Waals surface area contributed by atoms with E-state index in [2.05, 4.69) is 26.1 Å². The van der Waals surface area contributed by atoms with Crippen molar-refractivity contribution in [2.45, 2.75) is 96.9 Å². The van der Waals surface area contributed by atoms with Gasteiger partial charge in [-0.2, -0.15) is 0 Å². The molecular formula is C26H44KNO7S. The number of carbonyl (C=O) groups excluding carboxylic acids is 1. The number of carbonyl (C=O) groups is 1. The molecule has 1 amide bonds. The first-order valence-corrected chi connectivity index (χ1v) is 15.1. The van der Waals surface area contributed by atoms with Gasteiger partial charge in [0.25, 0.3) is 0 Å². The van der Waals surface area contributed by atoms with Gasteiger partial charge >= 0.3 is 51.4 Å². The number of aliphatic hydroxyl groups is 3. The third-order valence-corrected chi connectivity index (χ3v) is 11.7. The molecule has 0 aliphatic heterocycles. The summed E-state index contributed by atoms with van der Waals surface area (Å²) in [6.45, 7) is 6.48. The van der Waals surface area contributed by atoms with E-state index in [1.807, 2.05) is 0 Å². The molecule has 4 saturated carbocycles. The third kappa shape index (κ3) is 5.98. The molecule has 4 unspecified atom stereocenters. The van der Waals surface area contributed by atoms with Gasteiger partial charge in [-0.15, -0.1) is 0 Å². The van der Waals surface area contributed by atoms with Crippen LogP contribution in [0.4, 0.5) is 0 Å². The van der Waals surface area contributed by atoms with E-state index >= 15 is 0 Å². The summed E-state index contributed by atoms with van der Waals surface area (Å²) < 4.78 is 32.2. The minimum Gasteiger partial charge on any atom is -0.748 e. The zero-order valence-electron chi connectivity index (χ0n) is 22.4. The predicted molar refractivity (Wildman–Crippen MR) is 130 cm³/mol. The summed E-state index contributed by atoms with van der Waals surface area (Å²) in [6, 6.07) is 0. The van der Waals surface area contributed by atoms with Crippen molar-refractivity contribution in [3.63, 3.8) is 0 Å². The van der Waals surface area contributed by atoms with E-state index in [1.54, 1.807) is 0 Å². The Kier molecular flexibility index (Phi) is 10.3. The van der Waals surface area contributed by atoms with Crippen LogP contribution in [0, 0.1) is 46.3 Å². The van der Waals surface area contributed by atoms with Crippen LogP contribution in [0.2, 0.25) is 0 Å². The van der Waals surface area contributed by atoms with Crippen molar-refractivity contribution in [2.75, 3.05) is 12.3 Å². The van der Waals surface area contributed by atoms with Crippen LogP contribution in [-0.4, -0.2) is 64.8 Å². The molecule has 36 heavy (non-hydrogen) atoms. The SMILES string of the molecule is C[C@H](CCC(=O)NCCS(=O)(=O)[O-])[C@H]1CCC2C3C(C[C@H](O)[C@@]21C)[C@@]1(C)CC[C@@H](O)CC1C[C@H]3O.[K+]. The van der Waals surface area contributed by atoms with Crippen LogP contribution < -0.4 is 56.7 Å². The number of aliphatic hydroxyl groups excluding tert-OH is 3. The molecule has 4 N–H and O–H groups in total. The molecule has 0 radical (unpaired) electrons. The first-order valence-electron chi connectivity index (χ1n) is 13.5. The Morgan fingerprint density at radius 2 is 1.78 bits per heavy atom. The van der Waals surface area contributed by atoms with Crippen molar-refractivity contribution in [1.29, 1.82) is 0 Å². The third-order valence-electron chi connectivity index (χ3n) is 11.0. The number of rotatable bonds is 7. The molecule has 0 saturated heterocycles. The van der Waals surface area contributed by atoms with Gasteiger partial charge in [0.15, 0.2) is 0 Å². The summed E-state index contributed by atoms with van der Waals surface area (Å²) in [6.07, 6.45) is 5.58. The number of hydrogen-bond acceptors (Lipinski definition) is 7. The van der Waals surface area contributed by atoms with Crippen LogP contribution in [-0.2, 0) is 14.9 Å². The summed E-state index contributed by atoms with van der Waals surface area (Å²) in [7, 11) is -4.35. The largest absolute Gasteiger partial charge is 1.00 e. The van der Waals surface area contributed by atoms with Crippen molar-refractivity contribution < 1.29 is 84.5 Å². The predicted octanol–water partition coefficient (Wildman–Crippen LogP) is -0.970. The first-order chi connectivity index (χ1) is 16.3. The van der Waals surface area contributed by atoms with Crippen LogP contribution in [0.3, 0.4) is 0 Å². The molecule has 0 bridgehead atoms. The van der Waals surface area contributed by atoms with Crippen LogP contribution in [0.25, 0.3) is 0 Å². The Morgan fingerprint density at radius 1 is 1.08 bits per heavy atom. The number of amides is 1. The number of fused-ring (bicyclic) bond motifs is 5. The smallest absolute Gasteiger partial charge is 0.748 e. The summed E-state index contributed by atoms with van der Waals surface area (Å²) in [5.74, 6) is 0.522. The topological polar surface area (TPSA) is 147 Å². The molecular weight excluding hydrogens is 509 g/mol. The van der Waals surface area contributed by atoms with E-state index in [0.29, 0.717) is 18.8 Å². The standard InChI is InChI=1S/C26H45NO7S.K/c1-15(4-7-23(31)27-10-11-35(32,33)34)18-5-6-19-24-20(14-22(30)26(18,19)3)25(2)9-8-17(28)12-16(25)13-21(24)29;/h15-22,24,28-30H,4-14H2,1-3H3,(H,27,31)(H,32,33,34);/q;+1/p-1/t15-,16?,17-,18-,19?,20?,21-,22+,24?,25+,26-;/m1./s1. The molecule has 0 aromatic rings. The quantitative estimate of drug-likeness (QED) is 0.234. The van der Waals surface area contributed by atoms with E-state index in [0.717, 1.165) is 38.5 Å². The van der Waals surface area contributed by atoms with E-state index in [1.165, 1.54) is 0 Å². The average Bonchev–Trinajstić information content (AvgIpc) is 3.12. The van der Waals surface area contributed by atoms with E-state index in [9.17, 15) is 33.1 Å². The Bertz CT molecular complexity index is 903. The Labute approximate surface area is 258 Å². The van der Waals surface area contributed by atoms with Gasteiger partial charge in [-0.05, 0) is 97.7 Å². The van der Waals surface area contributed by atoms with Gasteiger partial charge in [-0.3, -0.25) is 4.79 Å². The zero-order chi connectivity index (χ0) is 25.8. The molecule has 4 aliphatic rings. The maximum Gasteiger partial charge on any atom is 1.00 e. The van der Waals surface area contributed by atoms with Crippen molar-refractivity contribution in [2.24, 2.45) is 46.3 Å². The van der Waals surface area contributed by atoms with E-state index in [4.69, 9.17) is 0 Å². The van der Waals surface area contributed by atoms with Crippen LogP contribution in [0.15, 0.2) is 0 Å². The summed E-state index contributed by atoms with van der Waals surface area (Å²) in [4.78, 5) is 12.2. The second kappa shape index (κ2) is 11.8. The normalized spacial score (nSPS) is 45.0. The second-order valence-electron chi connectivity index (χ2n) is 12.7. The number of nitrogens with one attached hydrogen (secondary N) is 1. The van der Waals surface area contributed by atoms with Gasteiger partial charge < -0.3 is 25.2 Å². The molecule has 0 aromatic carbocycles. The molecule has 0 aromatic heterocycles. The molecule has 10 heteroatoms. The van der Waals surface area contributed by atoms with Crippen LogP contribution >= 0.6 is 0 Å². The maximum absolute atomic E-state index is 12.2. The Hall–Kier alpha value is 0.896. The first kappa shape index (κ1) is 31.4. The van der Waals surface area contributed by atoms with Crippen LogP contribution in [0.1, 0.15) is 78.6 Å². The van der Waals surface area contributed by atoms with Crippen molar-refractivity contribution in [3.05, 3.63) is 0 Å². The molecule has 202 valence electrons.